The number of rotatable bonds is 3. The third-order valence-corrected chi connectivity index (χ3v) is 2.96. The van der Waals surface area contributed by atoms with Crippen LogP contribution in [0.1, 0.15) is 15.9 Å². The molecule has 4 nitrogen and oxygen atoms in total. The number of carbonyl (C=O) groups is 1. The normalized spacial score (nSPS) is 10.1. The van der Waals surface area contributed by atoms with Crippen LogP contribution in [-0.4, -0.2) is 17.9 Å². The summed E-state index contributed by atoms with van der Waals surface area (Å²) >= 11 is 5.91. The highest BCUT2D eigenvalue weighted by Crippen LogP contribution is 2.20. The lowest BCUT2D eigenvalue weighted by Gasteiger charge is -2.09. The maximum absolute atomic E-state index is 12.1. The van der Waals surface area contributed by atoms with E-state index in [0.717, 1.165) is 11.4 Å². The van der Waals surface area contributed by atoms with Gasteiger partial charge in [0.15, 0.2) is 0 Å². The van der Waals surface area contributed by atoms with Crippen molar-refractivity contribution >= 4 is 29.0 Å². The van der Waals surface area contributed by atoms with Gasteiger partial charge in [0.2, 0.25) is 0 Å². The van der Waals surface area contributed by atoms with Crippen LogP contribution in [-0.2, 0) is 0 Å². The summed E-state index contributed by atoms with van der Waals surface area (Å²) in [7, 11) is 1.78. The Morgan fingerprint density at radius 1 is 1.26 bits per heavy atom. The smallest absolute Gasteiger partial charge is 0.257 e. The number of amides is 1. The molecule has 0 atom stereocenters. The molecular weight excluding hydrogens is 262 g/mol. The van der Waals surface area contributed by atoms with E-state index in [-0.39, 0.29) is 5.91 Å². The van der Waals surface area contributed by atoms with E-state index in [2.05, 4.69) is 15.6 Å². The summed E-state index contributed by atoms with van der Waals surface area (Å²) in [6, 6.07) is 8.84. The van der Waals surface area contributed by atoms with Crippen molar-refractivity contribution in [1.29, 1.82) is 0 Å². The molecule has 98 valence electrons. The van der Waals surface area contributed by atoms with Gasteiger partial charge in [-0.15, -0.1) is 0 Å². The molecule has 0 saturated carbocycles. The number of aryl methyl sites for hydroxylation is 1. The number of aromatic nitrogens is 1. The number of halogens is 1. The van der Waals surface area contributed by atoms with Gasteiger partial charge in [0.25, 0.3) is 5.91 Å². The lowest BCUT2D eigenvalue weighted by molar-refractivity contribution is 0.102. The fourth-order valence-corrected chi connectivity index (χ4v) is 1.77. The van der Waals surface area contributed by atoms with Gasteiger partial charge in [-0.1, -0.05) is 17.7 Å². The summed E-state index contributed by atoms with van der Waals surface area (Å²) in [6.45, 7) is 1.91. The minimum Gasteiger partial charge on any atom is -0.373 e. The van der Waals surface area contributed by atoms with Crippen LogP contribution in [0.25, 0.3) is 0 Å². The molecule has 1 aromatic carbocycles. The maximum Gasteiger partial charge on any atom is 0.257 e. The standard InChI is InChI=1S/C14H14ClN3O/c1-9-3-5-11(15)7-12(9)18-14(19)10-4-6-13(16-2)17-8-10/h3-8H,1-2H3,(H,16,17)(H,18,19). The molecule has 5 heteroatoms. The van der Waals surface area contributed by atoms with E-state index in [9.17, 15) is 4.79 Å². The van der Waals surface area contributed by atoms with Gasteiger partial charge in [-0.3, -0.25) is 4.79 Å². The first kappa shape index (κ1) is 13.4. The van der Waals surface area contributed by atoms with Crippen molar-refractivity contribution in [2.45, 2.75) is 6.92 Å². The molecule has 0 fully saturated rings. The van der Waals surface area contributed by atoms with E-state index in [1.54, 1.807) is 31.3 Å². The molecule has 0 unspecified atom stereocenters. The van der Waals surface area contributed by atoms with E-state index in [1.807, 2.05) is 13.0 Å². The number of anilines is 2. The van der Waals surface area contributed by atoms with Crippen molar-refractivity contribution < 1.29 is 4.79 Å². The Kier molecular flexibility index (Phi) is 4.02. The molecule has 0 aliphatic heterocycles. The summed E-state index contributed by atoms with van der Waals surface area (Å²) in [5.41, 5.74) is 2.16. The molecule has 0 radical (unpaired) electrons. The van der Waals surface area contributed by atoms with Crippen LogP contribution in [0.2, 0.25) is 5.02 Å². The number of benzene rings is 1. The van der Waals surface area contributed by atoms with Crippen LogP contribution in [0.15, 0.2) is 36.5 Å². The number of nitrogens with one attached hydrogen (secondary N) is 2. The average Bonchev–Trinajstić information content (AvgIpc) is 2.43. The van der Waals surface area contributed by atoms with Gasteiger partial charge in [-0.2, -0.15) is 0 Å². The lowest BCUT2D eigenvalue weighted by Crippen LogP contribution is -2.13. The Morgan fingerprint density at radius 2 is 2.05 bits per heavy atom. The molecule has 1 aromatic heterocycles. The molecular formula is C14H14ClN3O. The average molecular weight is 276 g/mol. The highest BCUT2D eigenvalue weighted by atomic mass is 35.5. The van der Waals surface area contributed by atoms with Gasteiger partial charge in [-0.05, 0) is 36.8 Å². The first-order chi connectivity index (χ1) is 9.10. The van der Waals surface area contributed by atoms with E-state index in [1.165, 1.54) is 6.20 Å². The van der Waals surface area contributed by atoms with Crippen molar-refractivity contribution in [3.63, 3.8) is 0 Å². The fourth-order valence-electron chi connectivity index (χ4n) is 1.60. The van der Waals surface area contributed by atoms with Crippen LogP contribution in [0.4, 0.5) is 11.5 Å². The zero-order valence-electron chi connectivity index (χ0n) is 10.7. The lowest BCUT2D eigenvalue weighted by atomic mass is 10.2. The topological polar surface area (TPSA) is 54.0 Å². The predicted octanol–water partition coefficient (Wildman–Crippen LogP) is 3.34. The molecule has 0 spiro atoms. The summed E-state index contributed by atoms with van der Waals surface area (Å²) in [5, 5.41) is 6.31. The second kappa shape index (κ2) is 5.71. The molecule has 0 saturated heterocycles. The molecule has 2 rings (SSSR count). The number of nitrogens with zero attached hydrogens (tertiary/aromatic N) is 1. The van der Waals surface area contributed by atoms with Crippen LogP contribution in [0.5, 0.6) is 0 Å². The molecule has 1 heterocycles. The third kappa shape index (κ3) is 3.23. The largest absolute Gasteiger partial charge is 0.373 e. The minimum atomic E-state index is -0.208. The van der Waals surface area contributed by atoms with Gasteiger partial charge < -0.3 is 10.6 Å². The number of pyridine rings is 1. The first-order valence-corrected chi connectivity index (χ1v) is 6.19. The van der Waals surface area contributed by atoms with E-state index < -0.39 is 0 Å². The Labute approximate surface area is 116 Å². The summed E-state index contributed by atoms with van der Waals surface area (Å²) in [5.74, 6) is 0.510. The number of hydrogen-bond acceptors (Lipinski definition) is 3. The van der Waals surface area contributed by atoms with Crippen molar-refractivity contribution in [2.24, 2.45) is 0 Å². The van der Waals surface area contributed by atoms with Gasteiger partial charge in [0.05, 0.1) is 5.56 Å². The minimum absolute atomic E-state index is 0.208. The molecule has 2 N–H and O–H groups in total. The van der Waals surface area contributed by atoms with Gasteiger partial charge in [0.1, 0.15) is 5.82 Å². The van der Waals surface area contributed by atoms with Crippen LogP contribution in [0.3, 0.4) is 0 Å². The van der Waals surface area contributed by atoms with Gasteiger partial charge in [0, 0.05) is 24.0 Å². The second-order valence-corrected chi connectivity index (χ2v) is 4.53. The quantitative estimate of drug-likeness (QED) is 0.903. The molecule has 1 amide bonds. The van der Waals surface area contributed by atoms with Gasteiger partial charge in [-0.25, -0.2) is 4.98 Å². The van der Waals surface area contributed by atoms with Crippen LogP contribution < -0.4 is 10.6 Å². The fraction of sp³-hybridized carbons (Fsp3) is 0.143. The predicted molar refractivity (Wildman–Crippen MR) is 77.9 cm³/mol. The Balaban J connectivity index is 2.18. The van der Waals surface area contributed by atoms with Crippen LogP contribution in [0, 0.1) is 6.92 Å². The highest BCUT2D eigenvalue weighted by Gasteiger charge is 2.08. The zero-order chi connectivity index (χ0) is 13.8. The van der Waals surface area contributed by atoms with Crippen LogP contribution >= 0.6 is 11.6 Å². The van der Waals surface area contributed by atoms with Crippen molar-refractivity contribution in [3.8, 4) is 0 Å². The van der Waals surface area contributed by atoms with Crippen molar-refractivity contribution in [3.05, 3.63) is 52.7 Å². The summed E-state index contributed by atoms with van der Waals surface area (Å²) in [6.07, 6.45) is 1.53. The summed E-state index contributed by atoms with van der Waals surface area (Å²) in [4.78, 5) is 16.2. The number of hydrogen-bond donors (Lipinski definition) is 2. The first-order valence-electron chi connectivity index (χ1n) is 5.81. The van der Waals surface area contributed by atoms with Crippen molar-refractivity contribution in [2.75, 3.05) is 17.7 Å². The molecule has 0 aliphatic carbocycles. The zero-order valence-corrected chi connectivity index (χ0v) is 11.5. The Hall–Kier alpha value is -2.07. The monoisotopic (exact) mass is 275 g/mol. The SMILES string of the molecule is CNc1ccc(C(=O)Nc2cc(Cl)ccc2C)cn1. The maximum atomic E-state index is 12.1. The Bertz CT molecular complexity index is 596. The van der Waals surface area contributed by atoms with E-state index >= 15 is 0 Å². The molecule has 2 aromatic rings. The van der Waals surface area contributed by atoms with E-state index in [0.29, 0.717) is 16.3 Å². The highest BCUT2D eigenvalue weighted by molar-refractivity contribution is 6.31. The third-order valence-electron chi connectivity index (χ3n) is 2.73. The molecule has 19 heavy (non-hydrogen) atoms. The molecule has 0 aliphatic rings. The molecule has 0 bridgehead atoms. The van der Waals surface area contributed by atoms with Crippen molar-refractivity contribution in [1.82, 2.24) is 4.98 Å². The second-order valence-electron chi connectivity index (χ2n) is 4.10. The number of carbonyl (C=O) groups excluding carboxylic acids is 1. The summed E-state index contributed by atoms with van der Waals surface area (Å²) < 4.78 is 0. The Morgan fingerprint density at radius 3 is 2.68 bits per heavy atom. The van der Waals surface area contributed by atoms with Gasteiger partial charge >= 0.3 is 0 Å². The van der Waals surface area contributed by atoms with E-state index in [4.69, 9.17) is 11.6 Å².